The minimum absolute atomic E-state index is 0.183. The number of thioether (sulfide) groups is 1. The molecule has 0 radical (unpaired) electrons. The summed E-state index contributed by atoms with van der Waals surface area (Å²) in [6.07, 6.45) is 1.23. The van der Waals surface area contributed by atoms with Gasteiger partial charge in [0.15, 0.2) is 4.34 Å². The Balaban J connectivity index is 2.43. The molecule has 0 aliphatic carbocycles. The molecular weight excluding hydrogens is 180 g/mol. The molecule has 11 heavy (non-hydrogen) atoms. The Hall–Kier alpha value is -0.130. The highest BCUT2D eigenvalue weighted by molar-refractivity contribution is 8.01. The molecule has 0 bridgehead atoms. The highest BCUT2D eigenvalue weighted by atomic mass is 32.2. The van der Waals surface area contributed by atoms with Gasteiger partial charge < -0.3 is 5.11 Å². The smallest absolute Gasteiger partial charge is 0.170 e. The minimum atomic E-state index is -0.302. The second-order valence-corrected chi connectivity index (χ2v) is 4.68. The normalized spacial score (nSPS) is 16.3. The topological polar surface area (TPSA) is 46.0 Å². The van der Waals surface area contributed by atoms with Gasteiger partial charge in [-0.2, -0.15) is 4.37 Å². The van der Waals surface area contributed by atoms with Crippen LogP contribution in [0.1, 0.15) is 13.8 Å². The van der Waals surface area contributed by atoms with E-state index in [0.717, 1.165) is 4.34 Å². The predicted octanol–water partition coefficient (Wildman–Crippen LogP) is 1.40. The maximum Gasteiger partial charge on any atom is 0.170 e. The standard InChI is InChI=1S/C6H10N2OS2/c1-4(9)5(2)10-6-7-3-8-11-6/h3-5,9H,1-2H3. The van der Waals surface area contributed by atoms with E-state index in [1.165, 1.54) is 17.9 Å². The highest BCUT2D eigenvalue weighted by Crippen LogP contribution is 2.25. The van der Waals surface area contributed by atoms with Crippen molar-refractivity contribution in [2.75, 3.05) is 0 Å². The van der Waals surface area contributed by atoms with Gasteiger partial charge in [-0.3, -0.25) is 0 Å². The molecule has 0 aliphatic rings. The fraction of sp³-hybridized carbons (Fsp3) is 0.667. The Kier molecular flexibility index (Phi) is 3.29. The molecule has 0 saturated heterocycles. The number of aliphatic hydroxyl groups is 1. The second-order valence-electron chi connectivity index (χ2n) is 2.27. The van der Waals surface area contributed by atoms with Crippen LogP contribution in [0.15, 0.2) is 10.7 Å². The van der Waals surface area contributed by atoms with Gasteiger partial charge in [0.05, 0.1) is 6.10 Å². The summed E-state index contributed by atoms with van der Waals surface area (Å²) in [6.45, 7) is 3.75. The number of aromatic nitrogens is 2. The van der Waals surface area contributed by atoms with E-state index in [2.05, 4.69) is 9.36 Å². The predicted molar refractivity (Wildman–Crippen MR) is 46.9 cm³/mol. The average Bonchev–Trinajstić information content (AvgIpc) is 2.39. The van der Waals surface area contributed by atoms with Crippen molar-refractivity contribution in [1.82, 2.24) is 9.36 Å². The SMILES string of the molecule is CC(O)C(C)Sc1ncns1. The lowest BCUT2D eigenvalue weighted by atomic mass is 10.3. The first-order chi connectivity index (χ1) is 5.20. The lowest BCUT2D eigenvalue weighted by molar-refractivity contribution is 0.196. The Morgan fingerprint density at radius 1 is 1.64 bits per heavy atom. The molecule has 0 amide bonds. The van der Waals surface area contributed by atoms with Crippen molar-refractivity contribution < 1.29 is 5.11 Å². The number of rotatable bonds is 3. The van der Waals surface area contributed by atoms with Gasteiger partial charge >= 0.3 is 0 Å². The largest absolute Gasteiger partial charge is 0.392 e. The number of hydrogen-bond donors (Lipinski definition) is 1. The van der Waals surface area contributed by atoms with E-state index in [-0.39, 0.29) is 11.4 Å². The van der Waals surface area contributed by atoms with Crippen LogP contribution in [0.2, 0.25) is 0 Å². The average molecular weight is 190 g/mol. The van der Waals surface area contributed by atoms with E-state index in [0.29, 0.717) is 0 Å². The van der Waals surface area contributed by atoms with E-state index in [1.807, 2.05) is 6.92 Å². The number of aliphatic hydroxyl groups excluding tert-OH is 1. The molecule has 0 fully saturated rings. The van der Waals surface area contributed by atoms with E-state index in [1.54, 1.807) is 18.7 Å². The summed E-state index contributed by atoms with van der Waals surface area (Å²) in [7, 11) is 0. The molecule has 1 aromatic heterocycles. The zero-order chi connectivity index (χ0) is 8.27. The molecule has 0 spiro atoms. The molecule has 0 saturated carbocycles. The third-order valence-corrected chi connectivity index (χ3v) is 3.35. The molecule has 1 heterocycles. The summed E-state index contributed by atoms with van der Waals surface area (Å²) in [5.74, 6) is 0. The molecule has 1 aromatic rings. The maximum atomic E-state index is 9.16. The number of nitrogens with zero attached hydrogens (tertiary/aromatic N) is 2. The first-order valence-corrected chi connectivity index (χ1v) is 4.97. The molecule has 2 unspecified atom stereocenters. The lowest BCUT2D eigenvalue weighted by Crippen LogP contribution is -2.14. The first-order valence-electron chi connectivity index (χ1n) is 3.31. The third kappa shape index (κ3) is 2.76. The van der Waals surface area contributed by atoms with Crippen molar-refractivity contribution in [3.05, 3.63) is 6.33 Å². The fourth-order valence-electron chi connectivity index (χ4n) is 0.472. The van der Waals surface area contributed by atoms with Crippen LogP contribution in [0.4, 0.5) is 0 Å². The van der Waals surface area contributed by atoms with Gasteiger partial charge in [0, 0.05) is 5.25 Å². The monoisotopic (exact) mass is 190 g/mol. The molecule has 2 atom stereocenters. The summed E-state index contributed by atoms with van der Waals surface area (Å²) >= 11 is 2.91. The van der Waals surface area contributed by atoms with Crippen LogP contribution in [-0.4, -0.2) is 25.8 Å². The quantitative estimate of drug-likeness (QED) is 0.732. The van der Waals surface area contributed by atoms with Gasteiger partial charge in [0.2, 0.25) is 0 Å². The molecule has 1 rings (SSSR count). The first kappa shape index (κ1) is 8.96. The van der Waals surface area contributed by atoms with Crippen molar-refractivity contribution in [2.24, 2.45) is 0 Å². The third-order valence-electron chi connectivity index (χ3n) is 1.31. The van der Waals surface area contributed by atoms with Crippen molar-refractivity contribution in [3.63, 3.8) is 0 Å². The highest BCUT2D eigenvalue weighted by Gasteiger charge is 2.11. The minimum Gasteiger partial charge on any atom is -0.392 e. The van der Waals surface area contributed by atoms with Crippen molar-refractivity contribution in [2.45, 2.75) is 29.5 Å². The molecule has 1 N–H and O–H groups in total. The molecule has 5 heteroatoms. The van der Waals surface area contributed by atoms with Gasteiger partial charge in [0.1, 0.15) is 6.33 Å². The van der Waals surface area contributed by atoms with Gasteiger partial charge in [-0.05, 0) is 18.5 Å². The van der Waals surface area contributed by atoms with Gasteiger partial charge in [0.25, 0.3) is 0 Å². The Bertz CT molecular complexity index is 200. The Morgan fingerprint density at radius 3 is 2.82 bits per heavy atom. The molecular formula is C6H10N2OS2. The zero-order valence-electron chi connectivity index (χ0n) is 6.39. The summed E-state index contributed by atoms with van der Waals surface area (Å²) in [4.78, 5) is 4.00. The summed E-state index contributed by atoms with van der Waals surface area (Å²) < 4.78 is 4.78. The van der Waals surface area contributed by atoms with Crippen LogP contribution in [0.25, 0.3) is 0 Å². The lowest BCUT2D eigenvalue weighted by Gasteiger charge is -2.10. The van der Waals surface area contributed by atoms with Crippen molar-refractivity contribution in [3.8, 4) is 0 Å². The maximum absolute atomic E-state index is 9.16. The van der Waals surface area contributed by atoms with Crippen molar-refractivity contribution in [1.29, 1.82) is 0 Å². The van der Waals surface area contributed by atoms with Crippen molar-refractivity contribution >= 4 is 23.3 Å². The zero-order valence-corrected chi connectivity index (χ0v) is 8.02. The van der Waals surface area contributed by atoms with Gasteiger partial charge in [-0.1, -0.05) is 18.7 Å². The van der Waals surface area contributed by atoms with Crippen LogP contribution in [0.3, 0.4) is 0 Å². The second kappa shape index (κ2) is 4.04. The van der Waals surface area contributed by atoms with Crippen LogP contribution < -0.4 is 0 Å². The number of hydrogen-bond acceptors (Lipinski definition) is 5. The van der Waals surface area contributed by atoms with E-state index in [4.69, 9.17) is 5.11 Å². The molecule has 0 aromatic carbocycles. The fourth-order valence-corrected chi connectivity index (χ4v) is 2.13. The van der Waals surface area contributed by atoms with E-state index in [9.17, 15) is 0 Å². The summed E-state index contributed by atoms with van der Waals surface area (Å²) in [6, 6.07) is 0. The summed E-state index contributed by atoms with van der Waals surface area (Å²) in [5, 5.41) is 9.34. The van der Waals surface area contributed by atoms with Crippen LogP contribution >= 0.6 is 23.3 Å². The van der Waals surface area contributed by atoms with E-state index >= 15 is 0 Å². The van der Waals surface area contributed by atoms with E-state index < -0.39 is 0 Å². The molecule has 3 nitrogen and oxygen atoms in total. The Labute approximate surface area is 74.0 Å². The van der Waals surface area contributed by atoms with Crippen LogP contribution in [0, 0.1) is 0 Å². The molecule has 0 aliphatic heterocycles. The van der Waals surface area contributed by atoms with Gasteiger partial charge in [-0.25, -0.2) is 4.98 Å². The van der Waals surface area contributed by atoms with Crippen LogP contribution in [-0.2, 0) is 0 Å². The van der Waals surface area contributed by atoms with Crippen LogP contribution in [0.5, 0.6) is 0 Å². The summed E-state index contributed by atoms with van der Waals surface area (Å²) in [5.41, 5.74) is 0. The Morgan fingerprint density at radius 2 is 2.36 bits per heavy atom. The molecule has 62 valence electrons. The van der Waals surface area contributed by atoms with Gasteiger partial charge in [-0.15, -0.1) is 0 Å².